The Hall–Kier alpha value is -1.35. The summed E-state index contributed by atoms with van der Waals surface area (Å²) < 4.78 is 0. The number of rotatable bonds is 3. The molecule has 1 aromatic rings. The molecule has 0 saturated heterocycles. The van der Waals surface area contributed by atoms with Crippen LogP contribution in [0.2, 0.25) is 0 Å². The molecular formula is C11H11ClO3. The zero-order chi connectivity index (χ0) is 11.6. The number of hydrogen-bond acceptors (Lipinski definition) is 2. The van der Waals surface area contributed by atoms with Crippen molar-refractivity contribution in [2.24, 2.45) is 0 Å². The summed E-state index contributed by atoms with van der Waals surface area (Å²) in [6.45, 7) is 3.81. The molecule has 0 radical (unpaired) electrons. The minimum Gasteiger partial charge on any atom is -0.475 e. The highest BCUT2D eigenvalue weighted by Gasteiger charge is 2.24. The number of ketones is 1. The fraction of sp³-hybridized carbons (Fsp3) is 0.273. The predicted molar refractivity (Wildman–Crippen MR) is 57.2 cm³/mol. The molecule has 0 saturated carbocycles. The quantitative estimate of drug-likeness (QED) is 0.635. The standard InChI is InChI=1S/C11H11ClO3/c1-6-3-4-8(5-7(6)2)9(12)10(13)11(14)15/h3-5,9H,1-2H3,(H,14,15). The van der Waals surface area contributed by atoms with E-state index in [0.29, 0.717) is 5.56 Å². The van der Waals surface area contributed by atoms with E-state index in [1.54, 1.807) is 12.1 Å². The Bertz CT molecular complexity index is 412. The Kier molecular flexibility index (Phi) is 3.48. The van der Waals surface area contributed by atoms with Crippen LogP contribution in [0.5, 0.6) is 0 Å². The number of carbonyl (C=O) groups is 2. The van der Waals surface area contributed by atoms with Crippen molar-refractivity contribution in [1.29, 1.82) is 0 Å². The van der Waals surface area contributed by atoms with Gasteiger partial charge in [-0.25, -0.2) is 4.79 Å². The summed E-state index contributed by atoms with van der Waals surface area (Å²) in [7, 11) is 0. The lowest BCUT2D eigenvalue weighted by molar-refractivity contribution is -0.148. The van der Waals surface area contributed by atoms with Gasteiger partial charge in [0.2, 0.25) is 0 Å². The summed E-state index contributed by atoms with van der Waals surface area (Å²) in [4.78, 5) is 21.5. The molecule has 0 amide bonds. The van der Waals surface area contributed by atoms with Crippen molar-refractivity contribution in [3.8, 4) is 0 Å². The van der Waals surface area contributed by atoms with Gasteiger partial charge in [0.1, 0.15) is 5.38 Å². The Balaban J connectivity index is 3.02. The number of carbonyl (C=O) groups excluding carboxylic acids is 1. The van der Waals surface area contributed by atoms with Crippen LogP contribution < -0.4 is 0 Å². The van der Waals surface area contributed by atoms with Crippen LogP contribution in [0.1, 0.15) is 22.1 Å². The van der Waals surface area contributed by atoms with Crippen LogP contribution in [0, 0.1) is 13.8 Å². The van der Waals surface area contributed by atoms with Gasteiger partial charge in [-0.2, -0.15) is 0 Å². The van der Waals surface area contributed by atoms with E-state index in [1.165, 1.54) is 0 Å². The van der Waals surface area contributed by atoms with Crippen LogP contribution in [0.25, 0.3) is 0 Å². The molecule has 0 bridgehead atoms. The first-order valence-electron chi connectivity index (χ1n) is 4.42. The molecule has 4 heteroatoms. The lowest BCUT2D eigenvalue weighted by Crippen LogP contribution is -2.18. The lowest BCUT2D eigenvalue weighted by Gasteiger charge is -2.08. The van der Waals surface area contributed by atoms with Crippen molar-refractivity contribution in [3.63, 3.8) is 0 Å². The summed E-state index contributed by atoms with van der Waals surface area (Å²) in [5, 5.41) is 7.39. The second kappa shape index (κ2) is 4.45. The van der Waals surface area contributed by atoms with Gasteiger partial charge < -0.3 is 5.11 Å². The van der Waals surface area contributed by atoms with E-state index in [0.717, 1.165) is 11.1 Å². The van der Waals surface area contributed by atoms with Crippen LogP contribution in [-0.2, 0) is 9.59 Å². The highest BCUT2D eigenvalue weighted by molar-refractivity contribution is 6.47. The highest BCUT2D eigenvalue weighted by atomic mass is 35.5. The molecule has 0 aliphatic rings. The summed E-state index contributed by atoms with van der Waals surface area (Å²) in [6.07, 6.45) is 0. The van der Waals surface area contributed by atoms with E-state index in [1.807, 2.05) is 19.9 Å². The molecule has 3 nitrogen and oxygen atoms in total. The summed E-state index contributed by atoms with van der Waals surface area (Å²) >= 11 is 5.75. The van der Waals surface area contributed by atoms with Gasteiger partial charge in [0, 0.05) is 0 Å². The molecule has 80 valence electrons. The van der Waals surface area contributed by atoms with Crippen LogP contribution in [0.4, 0.5) is 0 Å². The summed E-state index contributed by atoms with van der Waals surface area (Å²) in [5.74, 6) is -2.51. The van der Waals surface area contributed by atoms with Gasteiger partial charge in [-0.15, -0.1) is 11.6 Å². The third-order valence-corrected chi connectivity index (χ3v) is 2.71. The molecule has 0 aliphatic carbocycles. The molecule has 0 spiro atoms. The topological polar surface area (TPSA) is 54.4 Å². The van der Waals surface area contributed by atoms with E-state index in [2.05, 4.69) is 0 Å². The van der Waals surface area contributed by atoms with Gasteiger partial charge in [0.25, 0.3) is 5.78 Å². The van der Waals surface area contributed by atoms with E-state index < -0.39 is 17.1 Å². The molecule has 0 heterocycles. The highest BCUT2D eigenvalue weighted by Crippen LogP contribution is 2.23. The molecule has 1 aromatic carbocycles. The van der Waals surface area contributed by atoms with Crippen LogP contribution in [0.15, 0.2) is 18.2 Å². The van der Waals surface area contributed by atoms with Crippen LogP contribution >= 0.6 is 11.6 Å². The third-order valence-electron chi connectivity index (χ3n) is 2.26. The van der Waals surface area contributed by atoms with Crippen molar-refractivity contribution in [3.05, 3.63) is 34.9 Å². The average molecular weight is 227 g/mol. The number of aryl methyl sites for hydroxylation is 2. The van der Waals surface area contributed by atoms with Gasteiger partial charge in [0.05, 0.1) is 0 Å². The number of alkyl halides is 1. The maximum atomic E-state index is 11.1. The molecule has 1 N–H and O–H groups in total. The van der Waals surface area contributed by atoms with Gasteiger partial charge >= 0.3 is 5.97 Å². The second-order valence-electron chi connectivity index (χ2n) is 3.38. The number of halogens is 1. The lowest BCUT2D eigenvalue weighted by atomic mass is 10.0. The van der Waals surface area contributed by atoms with E-state index in [-0.39, 0.29) is 0 Å². The molecule has 1 unspecified atom stereocenters. The molecule has 0 aliphatic heterocycles. The Labute approximate surface area is 92.7 Å². The SMILES string of the molecule is Cc1ccc(C(Cl)C(=O)C(=O)O)cc1C. The van der Waals surface area contributed by atoms with Gasteiger partial charge in [-0.3, -0.25) is 4.79 Å². The zero-order valence-corrected chi connectivity index (χ0v) is 9.21. The van der Waals surface area contributed by atoms with Gasteiger partial charge in [-0.05, 0) is 30.5 Å². The smallest absolute Gasteiger partial charge is 0.374 e. The fourth-order valence-electron chi connectivity index (χ4n) is 1.18. The zero-order valence-electron chi connectivity index (χ0n) is 8.45. The van der Waals surface area contributed by atoms with Gasteiger partial charge in [-0.1, -0.05) is 18.2 Å². The minimum absolute atomic E-state index is 0.521. The van der Waals surface area contributed by atoms with Crippen molar-refractivity contribution in [2.75, 3.05) is 0 Å². The minimum atomic E-state index is -1.51. The van der Waals surface area contributed by atoms with Crippen molar-refractivity contribution in [2.45, 2.75) is 19.2 Å². The predicted octanol–water partition coefficient (Wildman–Crippen LogP) is 2.24. The van der Waals surface area contributed by atoms with Crippen molar-refractivity contribution >= 4 is 23.4 Å². The third kappa shape index (κ3) is 2.57. The average Bonchev–Trinajstić information content (AvgIpc) is 2.19. The number of carboxylic acid groups (broad SMARTS) is 1. The molecule has 0 fully saturated rings. The normalized spacial score (nSPS) is 12.2. The number of Topliss-reactive ketones (excluding diaryl/α,β-unsaturated/α-hetero) is 1. The molecule has 1 atom stereocenters. The molecular weight excluding hydrogens is 216 g/mol. The van der Waals surface area contributed by atoms with Crippen LogP contribution in [-0.4, -0.2) is 16.9 Å². The first kappa shape index (κ1) is 11.7. The number of carboxylic acids is 1. The van der Waals surface area contributed by atoms with Crippen molar-refractivity contribution < 1.29 is 14.7 Å². The number of aliphatic carboxylic acids is 1. The second-order valence-corrected chi connectivity index (χ2v) is 3.81. The van der Waals surface area contributed by atoms with E-state index >= 15 is 0 Å². The first-order chi connectivity index (χ1) is 6.93. The maximum absolute atomic E-state index is 11.1. The molecule has 0 aromatic heterocycles. The molecule has 15 heavy (non-hydrogen) atoms. The Morgan fingerprint density at radius 2 is 1.87 bits per heavy atom. The summed E-state index contributed by atoms with van der Waals surface area (Å²) in [6, 6.07) is 5.21. The van der Waals surface area contributed by atoms with E-state index in [9.17, 15) is 9.59 Å². The number of benzene rings is 1. The first-order valence-corrected chi connectivity index (χ1v) is 4.85. The van der Waals surface area contributed by atoms with E-state index in [4.69, 9.17) is 16.7 Å². The Morgan fingerprint density at radius 3 is 2.33 bits per heavy atom. The number of hydrogen-bond donors (Lipinski definition) is 1. The summed E-state index contributed by atoms with van der Waals surface area (Å²) in [5.41, 5.74) is 2.58. The maximum Gasteiger partial charge on any atom is 0.374 e. The Morgan fingerprint density at radius 1 is 1.27 bits per heavy atom. The van der Waals surface area contributed by atoms with Gasteiger partial charge in [0.15, 0.2) is 0 Å². The van der Waals surface area contributed by atoms with Crippen molar-refractivity contribution in [1.82, 2.24) is 0 Å². The van der Waals surface area contributed by atoms with Crippen LogP contribution in [0.3, 0.4) is 0 Å². The fourth-order valence-corrected chi connectivity index (χ4v) is 1.41. The molecule has 1 rings (SSSR count). The monoisotopic (exact) mass is 226 g/mol. The largest absolute Gasteiger partial charge is 0.475 e.